The number of thiophene rings is 1. The van der Waals surface area contributed by atoms with Crippen LogP contribution in [0.5, 0.6) is 0 Å². The number of hydrogen-bond acceptors (Lipinski definition) is 4. The van der Waals surface area contributed by atoms with E-state index in [1.807, 2.05) is 7.05 Å². The Morgan fingerprint density at radius 1 is 1.29 bits per heavy atom. The molecule has 0 bridgehead atoms. The van der Waals surface area contributed by atoms with Crippen LogP contribution in [0.4, 0.5) is 0 Å². The van der Waals surface area contributed by atoms with Crippen LogP contribution in [0.2, 0.25) is 0 Å². The molecule has 1 aromatic carbocycles. The zero-order valence-electron chi connectivity index (χ0n) is 14.0. The van der Waals surface area contributed by atoms with Crippen molar-refractivity contribution in [2.45, 2.75) is 37.8 Å². The standard InChI is InChI=1S/C19H20N2OS2/c1-3-4-11-23-19-20-17-15(18(22)21(19)2)14-10-9-12-7-5-6-8-13(12)16(14)24-17/h5-8H,3-4,9-11H2,1-2H3. The monoisotopic (exact) mass is 356 g/mol. The van der Waals surface area contributed by atoms with Crippen LogP contribution in [0.3, 0.4) is 0 Å². The molecule has 0 fully saturated rings. The van der Waals surface area contributed by atoms with E-state index in [0.29, 0.717) is 0 Å². The number of benzene rings is 1. The zero-order valence-corrected chi connectivity index (χ0v) is 15.6. The minimum atomic E-state index is 0.107. The summed E-state index contributed by atoms with van der Waals surface area (Å²) in [6.07, 6.45) is 4.25. The van der Waals surface area contributed by atoms with E-state index in [1.54, 1.807) is 27.7 Å². The Morgan fingerprint density at radius 3 is 2.96 bits per heavy atom. The molecule has 4 rings (SSSR count). The van der Waals surface area contributed by atoms with Gasteiger partial charge in [0.05, 0.1) is 5.39 Å². The van der Waals surface area contributed by atoms with Crippen LogP contribution in [-0.4, -0.2) is 15.3 Å². The van der Waals surface area contributed by atoms with Gasteiger partial charge in [0.25, 0.3) is 5.56 Å². The van der Waals surface area contributed by atoms with E-state index in [1.165, 1.54) is 21.6 Å². The molecule has 0 aliphatic heterocycles. The second-order valence-corrected chi connectivity index (χ2v) is 8.27. The maximum absolute atomic E-state index is 12.9. The number of aromatic nitrogens is 2. The summed E-state index contributed by atoms with van der Waals surface area (Å²) in [7, 11) is 1.85. The van der Waals surface area contributed by atoms with Gasteiger partial charge in [0.2, 0.25) is 0 Å². The molecular weight excluding hydrogens is 336 g/mol. The van der Waals surface area contributed by atoms with Crippen molar-refractivity contribution >= 4 is 33.3 Å². The molecule has 3 nitrogen and oxygen atoms in total. The van der Waals surface area contributed by atoms with Gasteiger partial charge in [0, 0.05) is 17.7 Å². The van der Waals surface area contributed by atoms with Gasteiger partial charge >= 0.3 is 0 Å². The molecule has 1 aliphatic rings. The molecule has 2 heterocycles. The van der Waals surface area contributed by atoms with Gasteiger partial charge in [0.1, 0.15) is 4.83 Å². The van der Waals surface area contributed by atoms with Gasteiger partial charge in [-0.25, -0.2) is 4.98 Å². The fraction of sp³-hybridized carbons (Fsp3) is 0.368. The molecular formula is C19H20N2OS2. The second kappa shape index (κ2) is 6.37. The number of fused-ring (bicyclic) bond motifs is 5. The van der Waals surface area contributed by atoms with Gasteiger partial charge in [-0.05, 0) is 36.0 Å². The third-order valence-corrected chi connectivity index (χ3v) is 6.90. The molecule has 124 valence electrons. The molecule has 3 aromatic rings. The van der Waals surface area contributed by atoms with Crippen LogP contribution >= 0.6 is 23.1 Å². The average Bonchev–Trinajstić information content (AvgIpc) is 2.98. The largest absolute Gasteiger partial charge is 0.290 e. The summed E-state index contributed by atoms with van der Waals surface area (Å²) in [6, 6.07) is 8.54. The van der Waals surface area contributed by atoms with Crippen molar-refractivity contribution in [2.75, 3.05) is 5.75 Å². The predicted octanol–water partition coefficient (Wildman–Crippen LogP) is 4.65. The first kappa shape index (κ1) is 15.9. The molecule has 0 spiro atoms. The molecule has 0 saturated carbocycles. The van der Waals surface area contributed by atoms with Crippen molar-refractivity contribution in [1.82, 2.24) is 9.55 Å². The molecule has 24 heavy (non-hydrogen) atoms. The van der Waals surface area contributed by atoms with Crippen molar-refractivity contribution in [3.8, 4) is 10.4 Å². The lowest BCUT2D eigenvalue weighted by atomic mass is 9.90. The van der Waals surface area contributed by atoms with Gasteiger partial charge in [0.15, 0.2) is 5.16 Å². The SMILES string of the molecule is CCCCSc1nc2sc3c(c2c(=O)n1C)CCc1ccccc1-3. The third kappa shape index (κ3) is 2.50. The summed E-state index contributed by atoms with van der Waals surface area (Å²) < 4.78 is 1.73. The first-order valence-electron chi connectivity index (χ1n) is 8.44. The number of thioether (sulfide) groups is 1. The summed E-state index contributed by atoms with van der Waals surface area (Å²) in [6.45, 7) is 2.18. The summed E-state index contributed by atoms with van der Waals surface area (Å²) in [5.41, 5.74) is 3.97. The molecule has 1 aliphatic carbocycles. The van der Waals surface area contributed by atoms with Crippen molar-refractivity contribution in [2.24, 2.45) is 7.05 Å². The number of rotatable bonds is 4. The van der Waals surface area contributed by atoms with Crippen LogP contribution in [0.1, 0.15) is 30.9 Å². The normalized spacial score (nSPS) is 13.1. The molecule has 0 saturated heterocycles. The van der Waals surface area contributed by atoms with Gasteiger partial charge in [-0.15, -0.1) is 11.3 Å². The smallest absolute Gasteiger partial charge is 0.262 e. The Kier molecular flexibility index (Phi) is 4.22. The van der Waals surface area contributed by atoms with Gasteiger partial charge in [-0.2, -0.15) is 0 Å². The lowest BCUT2D eigenvalue weighted by Crippen LogP contribution is -2.20. The van der Waals surface area contributed by atoms with Crippen LogP contribution in [0.25, 0.3) is 20.7 Å². The Morgan fingerprint density at radius 2 is 2.12 bits per heavy atom. The van der Waals surface area contributed by atoms with Crippen molar-refractivity contribution < 1.29 is 0 Å². The van der Waals surface area contributed by atoms with E-state index >= 15 is 0 Å². The summed E-state index contributed by atoms with van der Waals surface area (Å²) >= 11 is 3.37. The Hall–Kier alpha value is -1.59. The zero-order chi connectivity index (χ0) is 16.7. The number of nitrogens with zero attached hydrogens (tertiary/aromatic N) is 2. The highest BCUT2D eigenvalue weighted by atomic mass is 32.2. The lowest BCUT2D eigenvalue weighted by Gasteiger charge is -2.15. The summed E-state index contributed by atoms with van der Waals surface area (Å²) in [5.74, 6) is 1.01. The highest BCUT2D eigenvalue weighted by Crippen LogP contribution is 2.42. The quantitative estimate of drug-likeness (QED) is 0.388. The number of aryl methyl sites for hydroxylation is 2. The van der Waals surface area contributed by atoms with E-state index in [9.17, 15) is 4.79 Å². The van der Waals surface area contributed by atoms with Crippen molar-refractivity contribution in [3.63, 3.8) is 0 Å². The van der Waals surface area contributed by atoms with Crippen LogP contribution < -0.4 is 5.56 Å². The first-order valence-corrected chi connectivity index (χ1v) is 10.2. The Balaban J connectivity index is 1.89. The topological polar surface area (TPSA) is 34.9 Å². The summed E-state index contributed by atoms with van der Waals surface area (Å²) in [5, 5.41) is 1.68. The number of unbranched alkanes of at least 4 members (excludes halogenated alkanes) is 1. The minimum absolute atomic E-state index is 0.107. The third-order valence-electron chi connectivity index (χ3n) is 4.63. The number of hydrogen-bond donors (Lipinski definition) is 0. The van der Waals surface area contributed by atoms with E-state index in [-0.39, 0.29) is 5.56 Å². The molecule has 0 N–H and O–H groups in total. The second-order valence-electron chi connectivity index (χ2n) is 6.21. The average molecular weight is 357 g/mol. The summed E-state index contributed by atoms with van der Waals surface area (Å²) in [4.78, 5) is 19.9. The van der Waals surface area contributed by atoms with Gasteiger partial charge in [-0.1, -0.05) is 49.4 Å². The van der Waals surface area contributed by atoms with Gasteiger partial charge in [-0.3, -0.25) is 9.36 Å². The van der Waals surface area contributed by atoms with Crippen LogP contribution in [-0.2, 0) is 19.9 Å². The Labute approximate surface area is 149 Å². The fourth-order valence-corrected chi connectivity index (χ4v) is 5.66. The molecule has 0 amide bonds. The minimum Gasteiger partial charge on any atom is -0.290 e. The van der Waals surface area contributed by atoms with E-state index in [0.717, 1.165) is 46.8 Å². The van der Waals surface area contributed by atoms with E-state index in [2.05, 4.69) is 31.2 Å². The fourth-order valence-electron chi connectivity index (χ4n) is 3.28. The maximum atomic E-state index is 12.9. The highest BCUT2D eigenvalue weighted by Gasteiger charge is 2.24. The van der Waals surface area contributed by atoms with Crippen LogP contribution in [0.15, 0.2) is 34.2 Å². The Bertz CT molecular complexity index is 971. The van der Waals surface area contributed by atoms with Gasteiger partial charge < -0.3 is 0 Å². The van der Waals surface area contributed by atoms with E-state index < -0.39 is 0 Å². The molecule has 2 aromatic heterocycles. The first-order chi connectivity index (χ1) is 11.7. The van der Waals surface area contributed by atoms with Crippen molar-refractivity contribution in [3.05, 3.63) is 45.7 Å². The lowest BCUT2D eigenvalue weighted by molar-refractivity contribution is 0.725. The predicted molar refractivity (Wildman–Crippen MR) is 103 cm³/mol. The highest BCUT2D eigenvalue weighted by molar-refractivity contribution is 7.99. The van der Waals surface area contributed by atoms with Crippen molar-refractivity contribution in [1.29, 1.82) is 0 Å². The van der Waals surface area contributed by atoms with Crippen LogP contribution in [0, 0.1) is 0 Å². The molecule has 0 atom stereocenters. The maximum Gasteiger partial charge on any atom is 0.262 e. The molecule has 5 heteroatoms. The molecule has 0 radical (unpaired) electrons. The molecule has 0 unspecified atom stereocenters. The van der Waals surface area contributed by atoms with E-state index in [4.69, 9.17) is 4.98 Å².